The van der Waals surface area contributed by atoms with Crippen LogP contribution < -0.4 is 10.6 Å². The Bertz CT molecular complexity index is 217. The van der Waals surface area contributed by atoms with Crippen LogP contribution in [-0.4, -0.2) is 37.7 Å². The van der Waals surface area contributed by atoms with Gasteiger partial charge in [-0.15, -0.1) is 0 Å². The van der Waals surface area contributed by atoms with E-state index in [2.05, 4.69) is 24.5 Å². The van der Waals surface area contributed by atoms with Crippen molar-refractivity contribution in [3.05, 3.63) is 0 Å². The normalized spacial score (nSPS) is 22.6. The predicted molar refractivity (Wildman–Crippen MR) is 59.7 cm³/mol. The Kier molecular flexibility index (Phi) is 4.54. The smallest absolute Gasteiger partial charge is 0.237 e. The van der Waals surface area contributed by atoms with Gasteiger partial charge in [0.25, 0.3) is 0 Å². The van der Waals surface area contributed by atoms with Gasteiger partial charge in [0.05, 0.1) is 11.6 Å². The maximum atomic E-state index is 11.4. The van der Waals surface area contributed by atoms with Gasteiger partial charge in [-0.05, 0) is 39.7 Å². The number of amides is 1. The van der Waals surface area contributed by atoms with Crippen molar-refractivity contribution in [2.45, 2.75) is 44.8 Å². The van der Waals surface area contributed by atoms with Crippen LogP contribution in [0.5, 0.6) is 0 Å². The van der Waals surface area contributed by atoms with Gasteiger partial charge in [-0.1, -0.05) is 0 Å². The molecule has 0 aromatic carbocycles. The highest BCUT2D eigenvalue weighted by atomic mass is 16.5. The van der Waals surface area contributed by atoms with Crippen molar-refractivity contribution in [1.82, 2.24) is 10.6 Å². The fourth-order valence-corrected chi connectivity index (χ4v) is 1.62. The first kappa shape index (κ1) is 12.5. The average molecular weight is 214 g/mol. The number of carbonyl (C=O) groups excluding carboxylic acids is 1. The van der Waals surface area contributed by atoms with E-state index in [0.717, 1.165) is 32.4 Å². The number of methoxy groups -OCH3 is 1. The third-order valence-electron chi connectivity index (χ3n) is 2.96. The first-order chi connectivity index (χ1) is 7.05. The molecule has 1 saturated heterocycles. The monoisotopic (exact) mass is 214 g/mol. The molecular formula is C11H22N2O2. The van der Waals surface area contributed by atoms with E-state index in [1.165, 1.54) is 0 Å². The SMILES string of the molecule is COC(C)(C)CCNC1CCCNC1=O. The zero-order valence-corrected chi connectivity index (χ0v) is 9.93. The van der Waals surface area contributed by atoms with Gasteiger partial charge < -0.3 is 15.4 Å². The summed E-state index contributed by atoms with van der Waals surface area (Å²) in [6, 6.07) is -0.00796. The van der Waals surface area contributed by atoms with Crippen LogP contribution in [-0.2, 0) is 9.53 Å². The molecule has 88 valence electrons. The van der Waals surface area contributed by atoms with E-state index < -0.39 is 0 Å². The molecule has 1 amide bonds. The number of nitrogens with one attached hydrogen (secondary N) is 2. The van der Waals surface area contributed by atoms with Gasteiger partial charge in [-0.3, -0.25) is 4.79 Å². The lowest BCUT2D eigenvalue weighted by Crippen LogP contribution is -2.49. The topological polar surface area (TPSA) is 50.4 Å². The second-order valence-electron chi connectivity index (χ2n) is 4.65. The van der Waals surface area contributed by atoms with Crippen LogP contribution in [0.4, 0.5) is 0 Å². The Morgan fingerprint density at radius 1 is 1.60 bits per heavy atom. The summed E-state index contributed by atoms with van der Waals surface area (Å²) in [5, 5.41) is 6.13. The molecule has 1 aliphatic rings. The highest BCUT2D eigenvalue weighted by Crippen LogP contribution is 2.12. The van der Waals surface area contributed by atoms with Crippen molar-refractivity contribution in [2.24, 2.45) is 0 Å². The van der Waals surface area contributed by atoms with E-state index in [0.29, 0.717) is 0 Å². The van der Waals surface area contributed by atoms with Crippen molar-refractivity contribution in [2.75, 3.05) is 20.2 Å². The van der Waals surface area contributed by atoms with E-state index in [4.69, 9.17) is 4.74 Å². The van der Waals surface area contributed by atoms with Crippen molar-refractivity contribution in [3.63, 3.8) is 0 Å². The molecular weight excluding hydrogens is 192 g/mol. The Labute approximate surface area is 91.8 Å². The minimum Gasteiger partial charge on any atom is -0.379 e. The van der Waals surface area contributed by atoms with Gasteiger partial charge >= 0.3 is 0 Å². The highest BCUT2D eigenvalue weighted by Gasteiger charge is 2.22. The van der Waals surface area contributed by atoms with Crippen LogP contribution >= 0.6 is 0 Å². The largest absolute Gasteiger partial charge is 0.379 e. The number of rotatable bonds is 5. The molecule has 1 aliphatic heterocycles. The number of ether oxygens (including phenoxy) is 1. The molecule has 0 bridgehead atoms. The van der Waals surface area contributed by atoms with Crippen LogP contribution in [0.15, 0.2) is 0 Å². The van der Waals surface area contributed by atoms with Crippen molar-refractivity contribution < 1.29 is 9.53 Å². The van der Waals surface area contributed by atoms with E-state index in [1.54, 1.807) is 7.11 Å². The number of carbonyl (C=O) groups is 1. The molecule has 1 rings (SSSR count). The first-order valence-corrected chi connectivity index (χ1v) is 5.61. The van der Waals surface area contributed by atoms with E-state index in [9.17, 15) is 4.79 Å². The molecule has 0 aromatic heterocycles. The number of hydrogen-bond acceptors (Lipinski definition) is 3. The third-order valence-corrected chi connectivity index (χ3v) is 2.96. The van der Waals surface area contributed by atoms with Crippen molar-refractivity contribution >= 4 is 5.91 Å². The van der Waals surface area contributed by atoms with Crippen LogP contribution in [0.2, 0.25) is 0 Å². The second-order valence-corrected chi connectivity index (χ2v) is 4.65. The minimum absolute atomic E-state index is 0.00796. The first-order valence-electron chi connectivity index (χ1n) is 5.61. The summed E-state index contributed by atoms with van der Waals surface area (Å²) in [6.07, 6.45) is 2.92. The fourth-order valence-electron chi connectivity index (χ4n) is 1.62. The number of hydrogen-bond donors (Lipinski definition) is 2. The Morgan fingerprint density at radius 2 is 2.33 bits per heavy atom. The quantitative estimate of drug-likeness (QED) is 0.707. The maximum Gasteiger partial charge on any atom is 0.237 e. The standard InChI is InChI=1S/C11H22N2O2/c1-11(2,15-3)6-8-12-9-5-4-7-13-10(9)14/h9,12H,4-8H2,1-3H3,(H,13,14). The van der Waals surface area contributed by atoms with Crippen LogP contribution in [0, 0.1) is 0 Å². The average Bonchev–Trinajstić information content (AvgIpc) is 2.21. The lowest BCUT2D eigenvalue weighted by atomic mass is 10.0. The van der Waals surface area contributed by atoms with Gasteiger partial charge in [-0.25, -0.2) is 0 Å². The third kappa shape index (κ3) is 4.18. The number of piperidine rings is 1. The van der Waals surface area contributed by atoms with E-state index in [1.807, 2.05) is 0 Å². The molecule has 1 heterocycles. The summed E-state index contributed by atoms with van der Waals surface area (Å²) in [7, 11) is 1.72. The summed E-state index contributed by atoms with van der Waals surface area (Å²) in [6.45, 7) is 5.74. The molecule has 0 saturated carbocycles. The molecule has 4 nitrogen and oxygen atoms in total. The van der Waals surface area contributed by atoms with Crippen LogP contribution in [0.3, 0.4) is 0 Å². The summed E-state index contributed by atoms with van der Waals surface area (Å²) >= 11 is 0. The summed E-state index contributed by atoms with van der Waals surface area (Å²) in [4.78, 5) is 11.4. The lowest BCUT2D eigenvalue weighted by molar-refractivity contribution is -0.124. The fraction of sp³-hybridized carbons (Fsp3) is 0.909. The Balaban J connectivity index is 2.21. The zero-order chi connectivity index (χ0) is 11.3. The van der Waals surface area contributed by atoms with E-state index in [-0.39, 0.29) is 17.6 Å². The molecule has 1 fully saturated rings. The molecule has 0 aromatic rings. The highest BCUT2D eigenvalue weighted by molar-refractivity contribution is 5.82. The molecule has 2 N–H and O–H groups in total. The Morgan fingerprint density at radius 3 is 2.93 bits per heavy atom. The maximum absolute atomic E-state index is 11.4. The summed E-state index contributed by atoms with van der Waals surface area (Å²) in [5.41, 5.74) is -0.113. The predicted octanol–water partition coefficient (Wildman–Crippen LogP) is 0.670. The summed E-state index contributed by atoms with van der Waals surface area (Å²) < 4.78 is 5.31. The molecule has 4 heteroatoms. The van der Waals surface area contributed by atoms with Gasteiger partial charge in [0, 0.05) is 13.7 Å². The minimum atomic E-state index is -0.113. The van der Waals surface area contributed by atoms with E-state index >= 15 is 0 Å². The van der Waals surface area contributed by atoms with Crippen molar-refractivity contribution in [3.8, 4) is 0 Å². The van der Waals surface area contributed by atoms with Gasteiger partial charge in [0.15, 0.2) is 0 Å². The van der Waals surface area contributed by atoms with Gasteiger partial charge in [0.2, 0.25) is 5.91 Å². The lowest BCUT2D eigenvalue weighted by Gasteiger charge is -2.26. The van der Waals surface area contributed by atoms with Crippen LogP contribution in [0.1, 0.15) is 33.1 Å². The molecule has 0 aliphatic carbocycles. The second kappa shape index (κ2) is 5.47. The molecule has 15 heavy (non-hydrogen) atoms. The van der Waals surface area contributed by atoms with Gasteiger partial charge in [-0.2, -0.15) is 0 Å². The van der Waals surface area contributed by atoms with Crippen molar-refractivity contribution in [1.29, 1.82) is 0 Å². The molecule has 1 unspecified atom stereocenters. The summed E-state index contributed by atoms with van der Waals surface area (Å²) in [5.74, 6) is 0.136. The molecule has 0 radical (unpaired) electrons. The molecule has 0 spiro atoms. The van der Waals surface area contributed by atoms with Gasteiger partial charge in [0.1, 0.15) is 0 Å². The Hall–Kier alpha value is -0.610. The van der Waals surface area contributed by atoms with Crippen LogP contribution in [0.25, 0.3) is 0 Å². The zero-order valence-electron chi connectivity index (χ0n) is 9.93. The molecule has 1 atom stereocenters.